The lowest BCUT2D eigenvalue weighted by Crippen LogP contribution is -2.20. The lowest BCUT2D eigenvalue weighted by molar-refractivity contribution is -0.144. The summed E-state index contributed by atoms with van der Waals surface area (Å²) in [5, 5.41) is 34.8. The van der Waals surface area contributed by atoms with E-state index in [0.717, 1.165) is 10.9 Å². The van der Waals surface area contributed by atoms with E-state index in [1.54, 1.807) is 24.0 Å². The van der Waals surface area contributed by atoms with Gasteiger partial charge in [-0.1, -0.05) is 11.6 Å². The summed E-state index contributed by atoms with van der Waals surface area (Å²) >= 11 is 7.11. The van der Waals surface area contributed by atoms with Gasteiger partial charge in [0.1, 0.15) is 41.3 Å². The fourth-order valence-corrected chi connectivity index (χ4v) is 5.69. The van der Waals surface area contributed by atoms with Gasteiger partial charge in [0, 0.05) is 29.7 Å². The molecule has 52 heavy (non-hydrogen) atoms. The first-order valence-electron chi connectivity index (χ1n) is 15.1. The number of aliphatic hydroxyl groups is 1. The third-order valence-corrected chi connectivity index (χ3v) is 8.10. The van der Waals surface area contributed by atoms with E-state index in [-0.39, 0.29) is 35.1 Å². The highest BCUT2D eigenvalue weighted by Crippen LogP contribution is 2.33. The van der Waals surface area contributed by atoms with Crippen LogP contribution in [-0.4, -0.2) is 81.3 Å². The van der Waals surface area contributed by atoms with Gasteiger partial charge in [-0.3, -0.25) is 14.8 Å². The monoisotopic (exact) mass is 757 g/mol. The van der Waals surface area contributed by atoms with Crippen molar-refractivity contribution in [3.05, 3.63) is 70.6 Å². The number of urea groups is 1. The average molecular weight is 758 g/mol. The number of fused-ring (bicyclic) bond motifs is 2. The molecule has 5 heterocycles. The van der Waals surface area contributed by atoms with Gasteiger partial charge < -0.3 is 20.5 Å². The molecular weight excluding hydrogens is 731 g/mol. The van der Waals surface area contributed by atoms with Gasteiger partial charge in [-0.05, 0) is 25.1 Å². The summed E-state index contributed by atoms with van der Waals surface area (Å²) in [5.41, 5.74) is 0.671. The number of rotatable bonds is 11. The van der Waals surface area contributed by atoms with Crippen molar-refractivity contribution >= 4 is 73.6 Å². The molecule has 0 unspecified atom stereocenters. The summed E-state index contributed by atoms with van der Waals surface area (Å²) in [7, 11) is 0. The molecule has 0 aliphatic rings. The number of benzene rings is 1. The number of carbonyl (C=O) groups is 2. The number of ether oxygens (including phenoxy) is 1. The average Bonchev–Trinajstić information content (AvgIpc) is 3.85. The number of nitrogens with zero attached hydrogens (tertiary/aromatic N) is 10. The number of nitrogens with one attached hydrogen (secondary N) is 3. The van der Waals surface area contributed by atoms with Crippen LogP contribution in [0.25, 0.3) is 22.1 Å². The van der Waals surface area contributed by atoms with Crippen molar-refractivity contribution in [3.8, 4) is 6.07 Å². The molecule has 6 aromatic rings. The second-order valence-corrected chi connectivity index (χ2v) is 11.8. The smallest absolute Gasteiger partial charge is 0.417 e. The number of hydrogen-bond acceptors (Lipinski definition) is 14. The van der Waals surface area contributed by atoms with E-state index in [2.05, 4.69) is 51.1 Å². The van der Waals surface area contributed by atoms with E-state index < -0.39 is 23.3 Å². The standard InChI is InChI=1S/C21H18F3N9O2S.C9H9ClN4O2/c22-21(23,24)15-7-13(2-1-12(15)8-25)31-19(35)32-20-27-9-14(36-20)3-4-26-18-17-16(28-11-29-18)10-30-33(17)5-6-34;1-2-16-7(15)4-14-8-6(3-13-14)11-5-12-9(8)10/h1-2,7,9-11,34H,3-6H2,(H,26,28,29)(H2,27,31,32,35);3,5H,2,4H2,1H3. The van der Waals surface area contributed by atoms with Crippen LogP contribution in [0.4, 0.5) is 34.6 Å². The number of anilines is 3. The molecule has 270 valence electrons. The largest absolute Gasteiger partial charge is 0.465 e. The fraction of sp³-hybridized carbons (Fsp3) is 0.267. The highest BCUT2D eigenvalue weighted by molar-refractivity contribution is 7.15. The molecule has 0 spiro atoms. The SMILES string of the molecule is CCOC(=O)Cn1ncc2ncnc(Cl)c21.N#Cc1ccc(NC(=O)Nc2ncc(CCNc3ncnc4cnn(CCO)c34)s2)cc1C(F)(F)F. The Balaban J connectivity index is 0.000000272. The summed E-state index contributed by atoms with van der Waals surface area (Å²) < 4.78 is 47.2. The first kappa shape index (κ1) is 37.3. The van der Waals surface area contributed by atoms with Crippen molar-refractivity contribution in [2.75, 3.05) is 35.7 Å². The summed E-state index contributed by atoms with van der Waals surface area (Å²) in [6, 6.07) is 3.62. The van der Waals surface area contributed by atoms with E-state index in [1.807, 2.05) is 0 Å². The molecule has 0 saturated carbocycles. The van der Waals surface area contributed by atoms with Gasteiger partial charge in [0.25, 0.3) is 0 Å². The number of aliphatic hydroxyl groups excluding tert-OH is 1. The van der Waals surface area contributed by atoms with Crippen LogP contribution >= 0.6 is 22.9 Å². The van der Waals surface area contributed by atoms with Crippen molar-refractivity contribution in [2.45, 2.75) is 32.6 Å². The number of amides is 2. The van der Waals surface area contributed by atoms with Gasteiger partial charge in [0.05, 0.1) is 49.3 Å². The number of halogens is 4. The van der Waals surface area contributed by atoms with Crippen molar-refractivity contribution in [2.24, 2.45) is 0 Å². The normalized spacial score (nSPS) is 11.1. The first-order chi connectivity index (χ1) is 25.0. The summed E-state index contributed by atoms with van der Waals surface area (Å²) in [6.45, 7) is 2.79. The number of thiazole rings is 1. The number of aromatic nitrogens is 9. The molecule has 0 atom stereocenters. The highest BCUT2D eigenvalue weighted by atomic mass is 35.5. The number of esters is 1. The molecule has 4 N–H and O–H groups in total. The molecule has 17 nitrogen and oxygen atoms in total. The second kappa shape index (κ2) is 16.8. The van der Waals surface area contributed by atoms with Gasteiger partial charge in [0.15, 0.2) is 16.1 Å². The van der Waals surface area contributed by atoms with Crippen LogP contribution in [0.15, 0.2) is 49.4 Å². The Labute approximate surface area is 300 Å². The van der Waals surface area contributed by atoms with Gasteiger partial charge in [-0.2, -0.15) is 28.6 Å². The molecule has 6 rings (SSSR count). The molecule has 0 aliphatic heterocycles. The van der Waals surface area contributed by atoms with Crippen LogP contribution in [0, 0.1) is 11.3 Å². The Morgan fingerprint density at radius 2 is 1.75 bits per heavy atom. The van der Waals surface area contributed by atoms with Gasteiger partial charge in [-0.25, -0.2) is 34.4 Å². The third-order valence-electron chi connectivity index (χ3n) is 6.85. The van der Waals surface area contributed by atoms with Crippen molar-refractivity contribution in [1.29, 1.82) is 5.26 Å². The van der Waals surface area contributed by atoms with Crippen molar-refractivity contribution in [1.82, 2.24) is 44.5 Å². The van der Waals surface area contributed by atoms with Crippen LogP contribution < -0.4 is 16.0 Å². The van der Waals surface area contributed by atoms with Crippen LogP contribution in [0.2, 0.25) is 5.15 Å². The molecule has 0 aliphatic carbocycles. The maximum absolute atomic E-state index is 13.1. The molecule has 22 heteroatoms. The zero-order valence-corrected chi connectivity index (χ0v) is 28.5. The summed E-state index contributed by atoms with van der Waals surface area (Å²) in [4.78, 5) is 44.7. The third kappa shape index (κ3) is 9.22. The van der Waals surface area contributed by atoms with Gasteiger partial charge in [0.2, 0.25) is 0 Å². The molecule has 0 saturated heterocycles. The van der Waals surface area contributed by atoms with Gasteiger partial charge in [-0.15, -0.1) is 11.3 Å². The molecule has 0 radical (unpaired) electrons. The van der Waals surface area contributed by atoms with Crippen LogP contribution in [0.1, 0.15) is 22.9 Å². The number of nitriles is 1. The zero-order valence-electron chi connectivity index (χ0n) is 26.9. The predicted molar refractivity (Wildman–Crippen MR) is 182 cm³/mol. The number of carbonyl (C=O) groups excluding carboxylic acids is 2. The molecule has 0 fully saturated rings. The molecular formula is C30H27ClF3N13O4S. The maximum Gasteiger partial charge on any atom is 0.417 e. The Morgan fingerprint density at radius 1 is 1.02 bits per heavy atom. The minimum atomic E-state index is -4.73. The number of alkyl halides is 3. The Hall–Kier alpha value is -5.98. The summed E-state index contributed by atoms with van der Waals surface area (Å²) in [6.07, 6.45) is 3.28. The van der Waals surface area contributed by atoms with Crippen molar-refractivity contribution < 1.29 is 32.6 Å². The van der Waals surface area contributed by atoms with E-state index in [4.69, 9.17) is 21.6 Å². The van der Waals surface area contributed by atoms with E-state index in [9.17, 15) is 27.9 Å². The fourth-order valence-electron chi connectivity index (χ4n) is 4.65. The highest BCUT2D eigenvalue weighted by Gasteiger charge is 2.34. The van der Waals surface area contributed by atoms with Crippen LogP contribution in [0.3, 0.4) is 0 Å². The minimum Gasteiger partial charge on any atom is -0.465 e. The first-order valence-corrected chi connectivity index (χ1v) is 16.3. The lowest BCUT2D eigenvalue weighted by atomic mass is 10.1. The van der Waals surface area contributed by atoms with Gasteiger partial charge >= 0.3 is 18.2 Å². The Morgan fingerprint density at radius 3 is 2.46 bits per heavy atom. The second-order valence-electron chi connectivity index (χ2n) is 10.3. The minimum absolute atomic E-state index is 0.00440. The Bertz CT molecular complexity index is 2240. The summed E-state index contributed by atoms with van der Waals surface area (Å²) in [5.74, 6) is 0.196. The maximum atomic E-state index is 13.1. The topological polar surface area (TPSA) is 224 Å². The quantitative estimate of drug-likeness (QED) is 0.106. The molecule has 1 aromatic carbocycles. The molecule has 2 amide bonds. The Kier molecular flexibility index (Phi) is 12.1. The van der Waals surface area contributed by atoms with Crippen LogP contribution in [-0.2, 0) is 35.2 Å². The van der Waals surface area contributed by atoms with E-state index >= 15 is 0 Å². The predicted octanol–water partition coefficient (Wildman–Crippen LogP) is 4.51. The lowest BCUT2D eigenvalue weighted by Gasteiger charge is -2.11. The van der Waals surface area contributed by atoms with Crippen LogP contribution in [0.5, 0.6) is 0 Å². The number of hydrogen-bond donors (Lipinski definition) is 4. The van der Waals surface area contributed by atoms with E-state index in [0.29, 0.717) is 60.1 Å². The van der Waals surface area contributed by atoms with Crippen molar-refractivity contribution in [3.63, 3.8) is 0 Å². The molecule has 0 bridgehead atoms. The zero-order chi connectivity index (χ0) is 37.3. The van der Waals surface area contributed by atoms with E-state index in [1.165, 1.54) is 47.0 Å². The molecule has 5 aromatic heterocycles.